The van der Waals surface area contributed by atoms with Gasteiger partial charge in [0, 0.05) is 12.0 Å². The fourth-order valence-corrected chi connectivity index (χ4v) is 2.02. The van der Waals surface area contributed by atoms with Gasteiger partial charge in [0.05, 0.1) is 27.4 Å². The minimum atomic E-state index is -0.0743. The average molecular weight is 288 g/mol. The van der Waals surface area contributed by atoms with Crippen molar-refractivity contribution in [2.45, 2.75) is 13.0 Å². The van der Waals surface area contributed by atoms with Crippen molar-refractivity contribution >= 4 is 0 Å². The van der Waals surface area contributed by atoms with Crippen LogP contribution in [0.5, 0.6) is 17.2 Å². The van der Waals surface area contributed by atoms with E-state index in [0.29, 0.717) is 18.1 Å². The SMILES string of the molecule is COc1ccc(CCOc2ccc(OC)cc2CO)cc1. The third-order valence-electron chi connectivity index (χ3n) is 3.25. The van der Waals surface area contributed by atoms with Gasteiger partial charge in [0.25, 0.3) is 0 Å². The highest BCUT2D eigenvalue weighted by atomic mass is 16.5. The summed E-state index contributed by atoms with van der Waals surface area (Å²) in [7, 11) is 3.25. The van der Waals surface area contributed by atoms with E-state index in [2.05, 4.69) is 0 Å². The monoisotopic (exact) mass is 288 g/mol. The molecule has 0 aliphatic rings. The van der Waals surface area contributed by atoms with Crippen molar-refractivity contribution < 1.29 is 19.3 Å². The van der Waals surface area contributed by atoms with Crippen LogP contribution in [-0.2, 0) is 13.0 Å². The molecule has 0 saturated heterocycles. The third kappa shape index (κ3) is 4.13. The van der Waals surface area contributed by atoms with Crippen molar-refractivity contribution in [3.05, 3.63) is 53.6 Å². The number of hydrogen-bond acceptors (Lipinski definition) is 4. The molecule has 112 valence electrons. The first-order valence-electron chi connectivity index (χ1n) is 6.80. The fourth-order valence-electron chi connectivity index (χ4n) is 2.02. The number of hydrogen-bond donors (Lipinski definition) is 1. The van der Waals surface area contributed by atoms with E-state index in [9.17, 15) is 5.11 Å². The van der Waals surface area contributed by atoms with Crippen molar-refractivity contribution in [3.63, 3.8) is 0 Å². The molecule has 0 fully saturated rings. The van der Waals surface area contributed by atoms with Gasteiger partial charge in [0.15, 0.2) is 0 Å². The zero-order chi connectivity index (χ0) is 15.1. The standard InChI is InChI=1S/C17H20O4/c1-19-15-5-3-13(4-6-15)9-10-21-17-8-7-16(20-2)11-14(17)12-18/h3-8,11,18H,9-10,12H2,1-2H3. The Morgan fingerprint density at radius 1 is 0.905 bits per heavy atom. The van der Waals surface area contributed by atoms with Gasteiger partial charge in [-0.2, -0.15) is 0 Å². The third-order valence-corrected chi connectivity index (χ3v) is 3.25. The summed E-state index contributed by atoms with van der Waals surface area (Å²) in [6.07, 6.45) is 0.793. The van der Waals surface area contributed by atoms with Gasteiger partial charge in [-0.25, -0.2) is 0 Å². The first kappa shape index (κ1) is 15.2. The number of rotatable bonds is 7. The topological polar surface area (TPSA) is 47.9 Å². The summed E-state index contributed by atoms with van der Waals surface area (Å²) in [5, 5.41) is 9.36. The van der Waals surface area contributed by atoms with Gasteiger partial charge < -0.3 is 19.3 Å². The molecule has 0 atom stereocenters. The maximum absolute atomic E-state index is 9.36. The molecule has 0 aliphatic carbocycles. The van der Waals surface area contributed by atoms with Crippen LogP contribution in [0.25, 0.3) is 0 Å². The molecular formula is C17H20O4. The molecule has 4 nitrogen and oxygen atoms in total. The Labute approximate surface area is 124 Å². The Kier molecular flexibility index (Phi) is 5.46. The van der Waals surface area contributed by atoms with Crippen LogP contribution in [0.1, 0.15) is 11.1 Å². The Hall–Kier alpha value is -2.20. The molecule has 0 saturated carbocycles. The van der Waals surface area contributed by atoms with Crippen LogP contribution in [0.2, 0.25) is 0 Å². The first-order valence-corrected chi connectivity index (χ1v) is 6.80. The molecule has 1 N–H and O–H groups in total. The predicted octanol–water partition coefficient (Wildman–Crippen LogP) is 2.82. The minimum absolute atomic E-state index is 0.0743. The minimum Gasteiger partial charge on any atom is -0.497 e. The quantitative estimate of drug-likeness (QED) is 0.851. The van der Waals surface area contributed by atoms with Crippen LogP contribution < -0.4 is 14.2 Å². The average Bonchev–Trinajstić information content (AvgIpc) is 2.55. The van der Waals surface area contributed by atoms with Crippen molar-refractivity contribution in [3.8, 4) is 17.2 Å². The van der Waals surface area contributed by atoms with Gasteiger partial charge in [0.1, 0.15) is 17.2 Å². The molecule has 0 unspecified atom stereocenters. The summed E-state index contributed by atoms with van der Waals surface area (Å²) in [4.78, 5) is 0. The number of ether oxygens (including phenoxy) is 3. The van der Waals surface area contributed by atoms with Crippen LogP contribution in [0.3, 0.4) is 0 Å². The molecule has 0 bridgehead atoms. The molecule has 2 rings (SSSR count). The van der Waals surface area contributed by atoms with Gasteiger partial charge in [-0.1, -0.05) is 12.1 Å². The summed E-state index contributed by atoms with van der Waals surface area (Å²) in [5.74, 6) is 2.24. The molecule has 0 heterocycles. The molecule has 0 spiro atoms. The van der Waals surface area contributed by atoms with Crippen LogP contribution in [0.4, 0.5) is 0 Å². The Morgan fingerprint density at radius 3 is 2.19 bits per heavy atom. The highest BCUT2D eigenvalue weighted by Gasteiger charge is 2.05. The van der Waals surface area contributed by atoms with Crippen molar-refractivity contribution in [2.24, 2.45) is 0 Å². The van der Waals surface area contributed by atoms with Crippen LogP contribution in [0, 0.1) is 0 Å². The second-order valence-corrected chi connectivity index (χ2v) is 4.58. The van der Waals surface area contributed by atoms with E-state index in [4.69, 9.17) is 14.2 Å². The van der Waals surface area contributed by atoms with E-state index in [-0.39, 0.29) is 6.61 Å². The van der Waals surface area contributed by atoms with Crippen LogP contribution in [0.15, 0.2) is 42.5 Å². The zero-order valence-electron chi connectivity index (χ0n) is 12.3. The Morgan fingerprint density at radius 2 is 1.57 bits per heavy atom. The molecule has 0 aromatic heterocycles. The summed E-state index contributed by atoms with van der Waals surface area (Å²) in [6.45, 7) is 0.473. The number of aliphatic hydroxyl groups excluding tert-OH is 1. The Balaban J connectivity index is 1.93. The van der Waals surface area contributed by atoms with E-state index in [0.717, 1.165) is 17.7 Å². The highest BCUT2D eigenvalue weighted by molar-refractivity contribution is 5.40. The van der Waals surface area contributed by atoms with Crippen LogP contribution in [-0.4, -0.2) is 25.9 Å². The second-order valence-electron chi connectivity index (χ2n) is 4.58. The van der Waals surface area contributed by atoms with Gasteiger partial charge in [0.2, 0.25) is 0 Å². The lowest BCUT2D eigenvalue weighted by Gasteiger charge is -2.11. The molecule has 4 heteroatoms. The lowest BCUT2D eigenvalue weighted by atomic mass is 10.1. The predicted molar refractivity (Wildman–Crippen MR) is 81.1 cm³/mol. The lowest BCUT2D eigenvalue weighted by molar-refractivity contribution is 0.262. The van der Waals surface area contributed by atoms with E-state index in [1.807, 2.05) is 36.4 Å². The summed E-state index contributed by atoms with van der Waals surface area (Å²) >= 11 is 0. The largest absolute Gasteiger partial charge is 0.497 e. The maximum Gasteiger partial charge on any atom is 0.125 e. The van der Waals surface area contributed by atoms with E-state index < -0.39 is 0 Å². The first-order chi connectivity index (χ1) is 10.3. The van der Waals surface area contributed by atoms with Crippen LogP contribution >= 0.6 is 0 Å². The molecule has 2 aromatic carbocycles. The normalized spacial score (nSPS) is 10.2. The Bertz CT molecular complexity index is 564. The summed E-state index contributed by atoms with van der Waals surface area (Å²) in [5.41, 5.74) is 1.90. The number of benzene rings is 2. The molecule has 0 aliphatic heterocycles. The molecule has 0 amide bonds. The zero-order valence-corrected chi connectivity index (χ0v) is 12.3. The number of aliphatic hydroxyl groups is 1. The van der Waals surface area contributed by atoms with Gasteiger partial charge in [-0.15, -0.1) is 0 Å². The molecule has 21 heavy (non-hydrogen) atoms. The second kappa shape index (κ2) is 7.55. The molecular weight excluding hydrogens is 268 g/mol. The van der Waals surface area contributed by atoms with Gasteiger partial charge >= 0.3 is 0 Å². The van der Waals surface area contributed by atoms with Gasteiger partial charge in [-0.3, -0.25) is 0 Å². The van der Waals surface area contributed by atoms with E-state index >= 15 is 0 Å². The molecule has 2 aromatic rings. The number of methoxy groups -OCH3 is 2. The van der Waals surface area contributed by atoms with E-state index in [1.54, 1.807) is 20.3 Å². The maximum atomic E-state index is 9.36. The smallest absolute Gasteiger partial charge is 0.125 e. The highest BCUT2D eigenvalue weighted by Crippen LogP contribution is 2.24. The van der Waals surface area contributed by atoms with Crippen molar-refractivity contribution in [1.29, 1.82) is 0 Å². The van der Waals surface area contributed by atoms with Crippen molar-refractivity contribution in [1.82, 2.24) is 0 Å². The van der Waals surface area contributed by atoms with Crippen molar-refractivity contribution in [2.75, 3.05) is 20.8 Å². The van der Waals surface area contributed by atoms with E-state index in [1.165, 1.54) is 5.56 Å². The van der Waals surface area contributed by atoms with Gasteiger partial charge in [-0.05, 0) is 35.9 Å². The lowest BCUT2D eigenvalue weighted by Crippen LogP contribution is -2.03. The fraction of sp³-hybridized carbons (Fsp3) is 0.294. The summed E-state index contributed by atoms with van der Waals surface area (Å²) in [6, 6.07) is 13.3. The molecule has 0 radical (unpaired) electrons. The summed E-state index contributed by atoms with van der Waals surface area (Å²) < 4.78 is 16.0.